The van der Waals surface area contributed by atoms with Gasteiger partial charge in [0.05, 0.1) is 6.42 Å². The Balaban J connectivity index is 2.72. The van der Waals surface area contributed by atoms with Gasteiger partial charge in [0.2, 0.25) is 18.1 Å². The smallest absolute Gasteiger partial charge is 0.224 e. The Morgan fingerprint density at radius 3 is 2.89 bits per heavy atom. The third kappa shape index (κ3) is 1.35. The second-order valence-electron chi connectivity index (χ2n) is 1.54. The molecule has 0 aliphatic carbocycles. The van der Waals surface area contributed by atoms with Crippen molar-refractivity contribution >= 4 is 6.29 Å². The van der Waals surface area contributed by atoms with Crippen molar-refractivity contribution in [3.8, 4) is 0 Å². The van der Waals surface area contributed by atoms with Crippen LogP contribution in [0.4, 0.5) is 0 Å². The highest BCUT2D eigenvalue weighted by Crippen LogP contribution is 1.95. The van der Waals surface area contributed by atoms with Crippen LogP contribution in [0.15, 0.2) is 4.42 Å². The number of hydrogen-bond donors (Lipinski definition) is 0. The summed E-state index contributed by atoms with van der Waals surface area (Å²) in [5, 5.41) is 7.07. The van der Waals surface area contributed by atoms with E-state index in [0.717, 1.165) is 0 Å². The van der Waals surface area contributed by atoms with Gasteiger partial charge >= 0.3 is 0 Å². The standard InChI is InChI=1S/C5H5N2O2/c1-4-6-7-5(9-4)2-3-8/h2H2,1H3. The fourth-order valence-electron chi connectivity index (χ4n) is 0.471. The number of aryl methyl sites for hydroxylation is 1. The first-order valence-electron chi connectivity index (χ1n) is 2.47. The Morgan fingerprint density at radius 2 is 2.44 bits per heavy atom. The van der Waals surface area contributed by atoms with E-state index in [0.29, 0.717) is 11.8 Å². The molecular formula is C5H5N2O2. The summed E-state index contributed by atoms with van der Waals surface area (Å²) in [4.78, 5) is 9.73. The van der Waals surface area contributed by atoms with Crippen LogP contribution < -0.4 is 0 Å². The molecule has 4 heteroatoms. The minimum atomic E-state index is 0.0842. The molecule has 1 radical (unpaired) electrons. The molecule has 0 bridgehead atoms. The topological polar surface area (TPSA) is 56.0 Å². The van der Waals surface area contributed by atoms with Crippen molar-refractivity contribution in [1.29, 1.82) is 0 Å². The van der Waals surface area contributed by atoms with Gasteiger partial charge in [-0.05, 0) is 0 Å². The Kier molecular flexibility index (Phi) is 1.58. The predicted molar refractivity (Wildman–Crippen MR) is 28.4 cm³/mol. The van der Waals surface area contributed by atoms with Crippen LogP contribution in [-0.2, 0) is 11.2 Å². The molecule has 4 nitrogen and oxygen atoms in total. The SMILES string of the molecule is Cc1nnc(C[C]=O)o1. The van der Waals surface area contributed by atoms with Crippen molar-refractivity contribution in [1.82, 2.24) is 10.2 Å². The van der Waals surface area contributed by atoms with Crippen molar-refractivity contribution in [3.63, 3.8) is 0 Å². The number of carbonyl (C=O) groups excluding carboxylic acids is 1. The fourth-order valence-corrected chi connectivity index (χ4v) is 0.471. The summed E-state index contributed by atoms with van der Waals surface area (Å²) >= 11 is 0. The number of hydrogen-bond acceptors (Lipinski definition) is 4. The van der Waals surface area contributed by atoms with Gasteiger partial charge in [-0.2, -0.15) is 0 Å². The van der Waals surface area contributed by atoms with Gasteiger partial charge in [0.1, 0.15) is 0 Å². The van der Waals surface area contributed by atoms with Crippen molar-refractivity contribution < 1.29 is 9.21 Å². The first-order chi connectivity index (χ1) is 4.33. The summed E-state index contributed by atoms with van der Waals surface area (Å²) in [7, 11) is 0. The second-order valence-corrected chi connectivity index (χ2v) is 1.54. The predicted octanol–water partition coefficient (Wildman–Crippen LogP) is 0.0302. The summed E-state index contributed by atoms with van der Waals surface area (Å²) in [6.07, 6.45) is 1.74. The van der Waals surface area contributed by atoms with Crippen LogP contribution in [0.25, 0.3) is 0 Å². The molecule has 0 N–H and O–H groups in total. The maximum atomic E-state index is 9.73. The first-order valence-corrected chi connectivity index (χ1v) is 2.47. The Morgan fingerprint density at radius 1 is 1.67 bits per heavy atom. The molecular weight excluding hydrogens is 120 g/mol. The van der Waals surface area contributed by atoms with Crippen LogP contribution in [0.1, 0.15) is 11.8 Å². The van der Waals surface area contributed by atoms with Crippen LogP contribution >= 0.6 is 0 Å². The number of aromatic nitrogens is 2. The molecule has 0 aromatic carbocycles. The normalized spacial score (nSPS) is 9.44. The maximum absolute atomic E-state index is 9.73. The lowest BCUT2D eigenvalue weighted by Gasteiger charge is -1.76. The largest absolute Gasteiger partial charge is 0.425 e. The quantitative estimate of drug-likeness (QED) is 0.559. The van der Waals surface area contributed by atoms with E-state index in [2.05, 4.69) is 10.2 Å². The highest BCUT2D eigenvalue weighted by atomic mass is 16.4. The van der Waals surface area contributed by atoms with Gasteiger partial charge in [-0.15, -0.1) is 10.2 Å². The molecule has 0 spiro atoms. The lowest BCUT2D eigenvalue weighted by molar-refractivity contribution is 0.475. The summed E-state index contributed by atoms with van der Waals surface area (Å²) in [5.41, 5.74) is 0. The summed E-state index contributed by atoms with van der Waals surface area (Å²) in [6.45, 7) is 1.67. The van der Waals surface area contributed by atoms with Crippen LogP contribution in [0.2, 0.25) is 0 Å². The zero-order valence-electron chi connectivity index (χ0n) is 4.92. The molecule has 9 heavy (non-hydrogen) atoms. The van der Waals surface area contributed by atoms with Crippen molar-refractivity contribution in [2.75, 3.05) is 0 Å². The van der Waals surface area contributed by atoms with E-state index in [1.165, 1.54) is 0 Å². The van der Waals surface area contributed by atoms with Crippen LogP contribution in [0.5, 0.6) is 0 Å². The van der Waals surface area contributed by atoms with E-state index in [1.807, 2.05) is 0 Å². The van der Waals surface area contributed by atoms with Crippen molar-refractivity contribution in [2.45, 2.75) is 13.3 Å². The van der Waals surface area contributed by atoms with E-state index in [4.69, 9.17) is 4.42 Å². The summed E-state index contributed by atoms with van der Waals surface area (Å²) in [6, 6.07) is 0. The molecule has 1 rings (SSSR count). The van der Waals surface area contributed by atoms with E-state index in [9.17, 15) is 4.79 Å². The lowest BCUT2D eigenvalue weighted by Crippen LogP contribution is -1.83. The van der Waals surface area contributed by atoms with Crippen LogP contribution in [-0.4, -0.2) is 16.5 Å². The zero-order valence-corrected chi connectivity index (χ0v) is 4.92. The zero-order chi connectivity index (χ0) is 6.69. The highest BCUT2D eigenvalue weighted by molar-refractivity contribution is 5.52. The Bertz CT molecular complexity index is 206. The molecule has 0 aliphatic rings. The lowest BCUT2D eigenvalue weighted by atomic mass is 10.5. The van der Waals surface area contributed by atoms with Crippen LogP contribution in [0.3, 0.4) is 0 Å². The van der Waals surface area contributed by atoms with Gasteiger partial charge in [-0.1, -0.05) is 0 Å². The van der Waals surface area contributed by atoms with Gasteiger partial charge in [0.25, 0.3) is 0 Å². The van der Waals surface area contributed by atoms with Gasteiger partial charge < -0.3 is 4.42 Å². The third-order valence-electron chi connectivity index (χ3n) is 0.791. The Labute approximate surface area is 51.9 Å². The average molecular weight is 125 g/mol. The fraction of sp³-hybridized carbons (Fsp3) is 0.400. The van der Waals surface area contributed by atoms with E-state index >= 15 is 0 Å². The molecule has 0 unspecified atom stereocenters. The summed E-state index contributed by atoms with van der Waals surface area (Å²) in [5.74, 6) is 0.794. The molecule has 0 saturated heterocycles. The molecule has 0 saturated carbocycles. The minimum Gasteiger partial charge on any atom is -0.425 e. The first kappa shape index (κ1) is 5.94. The molecule has 0 atom stereocenters. The van der Waals surface area contributed by atoms with E-state index in [-0.39, 0.29) is 6.42 Å². The van der Waals surface area contributed by atoms with E-state index in [1.54, 1.807) is 13.2 Å². The summed E-state index contributed by atoms with van der Waals surface area (Å²) < 4.78 is 4.84. The third-order valence-corrected chi connectivity index (χ3v) is 0.791. The number of nitrogens with zero attached hydrogens (tertiary/aromatic N) is 2. The molecule has 1 aromatic rings. The average Bonchev–Trinajstić information content (AvgIpc) is 2.17. The van der Waals surface area contributed by atoms with Gasteiger partial charge in [-0.3, -0.25) is 4.79 Å². The van der Waals surface area contributed by atoms with Crippen molar-refractivity contribution in [2.24, 2.45) is 0 Å². The second kappa shape index (κ2) is 2.39. The van der Waals surface area contributed by atoms with Gasteiger partial charge in [0.15, 0.2) is 0 Å². The number of rotatable bonds is 2. The van der Waals surface area contributed by atoms with Crippen molar-refractivity contribution in [3.05, 3.63) is 11.8 Å². The molecule has 47 valence electrons. The van der Waals surface area contributed by atoms with Gasteiger partial charge in [-0.25, -0.2) is 0 Å². The minimum absolute atomic E-state index is 0.0842. The molecule has 0 fully saturated rings. The monoisotopic (exact) mass is 125 g/mol. The van der Waals surface area contributed by atoms with E-state index < -0.39 is 0 Å². The molecule has 0 aliphatic heterocycles. The van der Waals surface area contributed by atoms with Crippen LogP contribution in [0, 0.1) is 6.92 Å². The molecule has 0 amide bonds. The molecule has 1 heterocycles. The highest BCUT2D eigenvalue weighted by Gasteiger charge is 1.98. The Hall–Kier alpha value is -1.19. The molecule has 1 aromatic heterocycles. The van der Waals surface area contributed by atoms with Gasteiger partial charge in [0, 0.05) is 6.92 Å². The maximum Gasteiger partial charge on any atom is 0.224 e.